The van der Waals surface area contributed by atoms with Crippen molar-refractivity contribution in [1.29, 1.82) is 0 Å². The summed E-state index contributed by atoms with van der Waals surface area (Å²) in [7, 11) is 0. The van der Waals surface area contributed by atoms with E-state index in [1.807, 2.05) is 0 Å². The quantitative estimate of drug-likeness (QED) is 0.682. The van der Waals surface area contributed by atoms with Crippen molar-refractivity contribution in [3.63, 3.8) is 0 Å². The summed E-state index contributed by atoms with van der Waals surface area (Å²) in [6.07, 6.45) is 0. The molecule has 2 rings (SSSR count). The third kappa shape index (κ3) is 3.21. The minimum absolute atomic E-state index is 0.0958. The van der Waals surface area contributed by atoms with E-state index < -0.39 is 16.6 Å². The molecule has 20 heavy (non-hydrogen) atoms. The topological polar surface area (TPSA) is 55.2 Å². The maximum Gasteiger partial charge on any atom is 0.275 e. The number of nitrogens with zero attached hydrogens (tertiary/aromatic N) is 1. The highest BCUT2D eigenvalue weighted by Gasteiger charge is 2.14. The number of nitro benzene ring substituents is 1. The largest absolute Gasteiger partial charge is 0.381 e. The van der Waals surface area contributed by atoms with Crippen molar-refractivity contribution < 1.29 is 13.7 Å². The van der Waals surface area contributed by atoms with Crippen molar-refractivity contribution in [2.24, 2.45) is 0 Å². The molecule has 0 fully saturated rings. The summed E-state index contributed by atoms with van der Waals surface area (Å²) in [4.78, 5) is 10.3. The normalized spacial score (nSPS) is 10.3. The molecule has 4 nitrogen and oxygen atoms in total. The van der Waals surface area contributed by atoms with Crippen LogP contribution in [-0.4, -0.2) is 4.92 Å². The predicted octanol–water partition coefficient (Wildman–Crippen LogP) is 4.14. The number of anilines is 1. The third-order valence-electron chi connectivity index (χ3n) is 2.65. The van der Waals surface area contributed by atoms with Crippen molar-refractivity contribution in [3.8, 4) is 0 Å². The van der Waals surface area contributed by atoms with E-state index >= 15 is 0 Å². The molecule has 0 saturated carbocycles. The van der Waals surface area contributed by atoms with Gasteiger partial charge in [-0.15, -0.1) is 0 Å². The summed E-state index contributed by atoms with van der Waals surface area (Å²) in [6, 6.07) is 7.58. The van der Waals surface area contributed by atoms with Gasteiger partial charge < -0.3 is 5.32 Å². The van der Waals surface area contributed by atoms with Crippen LogP contribution in [0.15, 0.2) is 36.4 Å². The molecule has 7 heteroatoms. The summed E-state index contributed by atoms with van der Waals surface area (Å²) in [5.74, 6) is -1.94. The van der Waals surface area contributed by atoms with Crippen LogP contribution >= 0.6 is 11.6 Å². The van der Waals surface area contributed by atoms with E-state index in [0.29, 0.717) is 11.3 Å². The second kappa shape index (κ2) is 5.83. The predicted molar refractivity (Wildman–Crippen MR) is 71.8 cm³/mol. The Hall–Kier alpha value is -2.21. The summed E-state index contributed by atoms with van der Waals surface area (Å²) in [6.45, 7) is 0.0958. The average Bonchev–Trinajstić information content (AvgIpc) is 2.41. The first kappa shape index (κ1) is 14.2. The second-order valence-corrected chi connectivity index (χ2v) is 4.45. The molecule has 2 aromatic carbocycles. The van der Waals surface area contributed by atoms with E-state index in [9.17, 15) is 18.9 Å². The van der Waals surface area contributed by atoms with Crippen LogP contribution in [0.3, 0.4) is 0 Å². The maximum atomic E-state index is 13.0. The Labute approximate surface area is 118 Å². The Balaban J connectivity index is 2.18. The summed E-state index contributed by atoms with van der Waals surface area (Å²) in [5, 5.41) is 13.9. The molecule has 104 valence electrons. The molecule has 0 bridgehead atoms. The summed E-state index contributed by atoms with van der Waals surface area (Å²) < 4.78 is 25.8. The number of halogens is 3. The van der Waals surface area contributed by atoms with Crippen LogP contribution in [0.2, 0.25) is 5.02 Å². The Morgan fingerprint density at radius 2 is 1.90 bits per heavy atom. The Bertz CT molecular complexity index is 665. The minimum atomic E-state index is -0.986. The fourth-order valence-corrected chi connectivity index (χ4v) is 1.83. The number of benzene rings is 2. The molecule has 0 aliphatic rings. The smallest absolute Gasteiger partial charge is 0.275 e. The first-order valence-electron chi connectivity index (χ1n) is 5.59. The fraction of sp³-hybridized carbons (Fsp3) is 0.0769. The van der Waals surface area contributed by atoms with Gasteiger partial charge in [-0.1, -0.05) is 11.6 Å². The van der Waals surface area contributed by atoms with Crippen molar-refractivity contribution in [2.75, 3.05) is 5.32 Å². The zero-order chi connectivity index (χ0) is 14.7. The molecule has 0 heterocycles. The van der Waals surface area contributed by atoms with Crippen molar-refractivity contribution in [3.05, 3.63) is 68.7 Å². The molecule has 0 aliphatic carbocycles. The number of rotatable bonds is 4. The van der Waals surface area contributed by atoms with E-state index in [0.717, 1.165) is 12.1 Å². The Morgan fingerprint density at radius 1 is 1.15 bits per heavy atom. The van der Waals surface area contributed by atoms with Crippen LogP contribution in [0.1, 0.15) is 5.56 Å². The van der Waals surface area contributed by atoms with Gasteiger partial charge in [0, 0.05) is 35.0 Å². The lowest BCUT2D eigenvalue weighted by atomic mass is 10.1. The van der Waals surface area contributed by atoms with Crippen molar-refractivity contribution in [1.82, 2.24) is 0 Å². The number of hydrogen-bond acceptors (Lipinski definition) is 3. The maximum absolute atomic E-state index is 13.0. The molecular weight excluding hydrogens is 290 g/mol. The molecule has 0 aromatic heterocycles. The SMILES string of the molecule is O=[N+]([O-])c1cc(Cl)ccc1CNc1ccc(F)c(F)c1. The fourth-order valence-electron chi connectivity index (χ4n) is 1.66. The molecular formula is C13H9ClF2N2O2. The van der Waals surface area contributed by atoms with Crippen molar-refractivity contribution >= 4 is 23.0 Å². The number of nitro groups is 1. The lowest BCUT2D eigenvalue weighted by Gasteiger charge is -2.07. The highest BCUT2D eigenvalue weighted by molar-refractivity contribution is 6.30. The van der Waals surface area contributed by atoms with Crippen LogP contribution in [0.4, 0.5) is 20.2 Å². The molecule has 0 saturated heterocycles. The zero-order valence-corrected chi connectivity index (χ0v) is 10.8. The van der Waals surface area contributed by atoms with E-state index in [2.05, 4.69) is 5.32 Å². The lowest BCUT2D eigenvalue weighted by molar-refractivity contribution is -0.385. The van der Waals surface area contributed by atoms with Crippen LogP contribution < -0.4 is 5.32 Å². The van der Waals surface area contributed by atoms with Gasteiger partial charge in [0.05, 0.1) is 4.92 Å². The molecule has 0 atom stereocenters. The molecule has 0 radical (unpaired) electrons. The molecule has 0 unspecified atom stereocenters. The van der Waals surface area contributed by atoms with E-state index in [1.165, 1.54) is 24.3 Å². The van der Waals surface area contributed by atoms with Gasteiger partial charge in [-0.2, -0.15) is 0 Å². The van der Waals surface area contributed by atoms with Gasteiger partial charge >= 0.3 is 0 Å². The van der Waals surface area contributed by atoms with Crippen LogP contribution in [0, 0.1) is 21.7 Å². The summed E-state index contributed by atoms with van der Waals surface area (Å²) >= 11 is 5.70. The second-order valence-electron chi connectivity index (χ2n) is 4.01. The van der Waals surface area contributed by atoms with Gasteiger partial charge in [0.1, 0.15) is 0 Å². The number of hydrogen-bond donors (Lipinski definition) is 1. The molecule has 2 aromatic rings. The third-order valence-corrected chi connectivity index (χ3v) is 2.88. The van der Waals surface area contributed by atoms with Gasteiger partial charge in [-0.3, -0.25) is 10.1 Å². The van der Waals surface area contributed by atoms with Gasteiger partial charge in [0.15, 0.2) is 11.6 Å². The molecule has 0 spiro atoms. The highest BCUT2D eigenvalue weighted by Crippen LogP contribution is 2.24. The highest BCUT2D eigenvalue weighted by atomic mass is 35.5. The molecule has 0 aliphatic heterocycles. The Morgan fingerprint density at radius 3 is 2.55 bits per heavy atom. The monoisotopic (exact) mass is 298 g/mol. The first-order chi connectivity index (χ1) is 9.47. The van der Waals surface area contributed by atoms with Crippen LogP contribution in [-0.2, 0) is 6.54 Å². The van der Waals surface area contributed by atoms with E-state index in [-0.39, 0.29) is 17.3 Å². The average molecular weight is 299 g/mol. The first-order valence-corrected chi connectivity index (χ1v) is 5.97. The molecule has 0 amide bonds. The van der Waals surface area contributed by atoms with E-state index in [4.69, 9.17) is 11.6 Å². The van der Waals surface area contributed by atoms with Crippen LogP contribution in [0.25, 0.3) is 0 Å². The zero-order valence-electron chi connectivity index (χ0n) is 10.1. The lowest BCUT2D eigenvalue weighted by Crippen LogP contribution is -2.03. The summed E-state index contributed by atoms with van der Waals surface area (Å²) in [5.41, 5.74) is 0.588. The van der Waals surface area contributed by atoms with Gasteiger partial charge in [-0.25, -0.2) is 8.78 Å². The van der Waals surface area contributed by atoms with Crippen molar-refractivity contribution in [2.45, 2.75) is 6.54 Å². The number of nitrogens with one attached hydrogen (secondary N) is 1. The van der Waals surface area contributed by atoms with Crippen LogP contribution in [0.5, 0.6) is 0 Å². The van der Waals surface area contributed by atoms with Gasteiger partial charge in [-0.05, 0) is 24.3 Å². The minimum Gasteiger partial charge on any atom is -0.381 e. The Kier molecular flexibility index (Phi) is 4.14. The van der Waals surface area contributed by atoms with Gasteiger partial charge in [0.2, 0.25) is 0 Å². The van der Waals surface area contributed by atoms with E-state index in [1.54, 1.807) is 0 Å². The molecule has 1 N–H and O–H groups in total. The standard InChI is InChI=1S/C13H9ClF2N2O2/c14-9-2-1-8(13(5-9)18(19)20)7-17-10-3-4-11(15)12(16)6-10/h1-6,17H,7H2. The van der Waals surface area contributed by atoms with Gasteiger partial charge in [0.25, 0.3) is 5.69 Å².